The summed E-state index contributed by atoms with van der Waals surface area (Å²) in [5, 5.41) is 3.29. The van der Waals surface area contributed by atoms with E-state index in [0.29, 0.717) is 0 Å². The minimum absolute atomic E-state index is 0.204. The van der Waals surface area contributed by atoms with Crippen LogP contribution in [0.1, 0.15) is 11.1 Å². The zero-order valence-corrected chi connectivity index (χ0v) is 9.49. The SMILES string of the molecule is Nc1cccc(CNCc2ccc(F)cc2)c1. The number of nitrogen functional groups attached to an aromatic ring is 1. The lowest BCUT2D eigenvalue weighted by Gasteiger charge is -2.05. The van der Waals surface area contributed by atoms with E-state index in [9.17, 15) is 4.39 Å². The zero-order chi connectivity index (χ0) is 12.1. The lowest BCUT2D eigenvalue weighted by molar-refractivity contribution is 0.625. The fourth-order valence-electron chi connectivity index (χ4n) is 1.66. The Kier molecular flexibility index (Phi) is 3.73. The molecule has 0 aliphatic carbocycles. The Bertz CT molecular complexity index is 480. The number of nitrogens with one attached hydrogen (secondary N) is 1. The summed E-state index contributed by atoms with van der Waals surface area (Å²) >= 11 is 0. The number of halogens is 1. The second-order valence-electron chi connectivity index (χ2n) is 3.98. The largest absolute Gasteiger partial charge is 0.399 e. The maximum absolute atomic E-state index is 12.7. The van der Waals surface area contributed by atoms with Gasteiger partial charge in [-0.05, 0) is 35.4 Å². The summed E-state index contributed by atoms with van der Waals surface area (Å²) in [4.78, 5) is 0. The van der Waals surface area contributed by atoms with E-state index >= 15 is 0 Å². The highest BCUT2D eigenvalue weighted by Gasteiger charge is 1.95. The van der Waals surface area contributed by atoms with Gasteiger partial charge in [-0.15, -0.1) is 0 Å². The summed E-state index contributed by atoms with van der Waals surface area (Å²) in [5.41, 5.74) is 8.67. The normalized spacial score (nSPS) is 10.4. The number of rotatable bonds is 4. The van der Waals surface area contributed by atoms with Gasteiger partial charge in [-0.2, -0.15) is 0 Å². The Hall–Kier alpha value is -1.87. The Morgan fingerprint density at radius 2 is 1.65 bits per heavy atom. The summed E-state index contributed by atoms with van der Waals surface area (Å²) in [6.45, 7) is 1.47. The van der Waals surface area contributed by atoms with E-state index in [1.807, 2.05) is 24.3 Å². The first-order chi connectivity index (χ1) is 8.24. The molecular formula is C14H15FN2. The van der Waals surface area contributed by atoms with Crippen LogP contribution in [0.25, 0.3) is 0 Å². The monoisotopic (exact) mass is 230 g/mol. The van der Waals surface area contributed by atoms with Crippen LogP contribution in [0.2, 0.25) is 0 Å². The van der Waals surface area contributed by atoms with Crippen LogP contribution in [0.15, 0.2) is 48.5 Å². The van der Waals surface area contributed by atoms with Crippen LogP contribution in [0.5, 0.6) is 0 Å². The molecule has 0 unspecified atom stereocenters. The molecule has 0 aliphatic heterocycles. The van der Waals surface area contributed by atoms with Crippen LogP contribution in [-0.2, 0) is 13.1 Å². The van der Waals surface area contributed by atoms with Gasteiger partial charge in [0.15, 0.2) is 0 Å². The summed E-state index contributed by atoms with van der Waals surface area (Å²) in [5.74, 6) is -0.204. The molecule has 0 aromatic heterocycles. The zero-order valence-electron chi connectivity index (χ0n) is 9.49. The average molecular weight is 230 g/mol. The third-order valence-electron chi connectivity index (χ3n) is 2.52. The molecule has 3 heteroatoms. The van der Waals surface area contributed by atoms with Crippen molar-refractivity contribution in [3.63, 3.8) is 0 Å². The predicted molar refractivity (Wildman–Crippen MR) is 67.8 cm³/mol. The van der Waals surface area contributed by atoms with Crippen molar-refractivity contribution in [2.24, 2.45) is 0 Å². The molecule has 0 amide bonds. The van der Waals surface area contributed by atoms with E-state index in [2.05, 4.69) is 5.32 Å². The molecule has 17 heavy (non-hydrogen) atoms. The Morgan fingerprint density at radius 1 is 0.941 bits per heavy atom. The smallest absolute Gasteiger partial charge is 0.123 e. The molecule has 2 aromatic carbocycles. The standard InChI is InChI=1S/C14H15FN2/c15-13-6-4-11(5-7-13)9-17-10-12-2-1-3-14(16)8-12/h1-8,17H,9-10,16H2. The quantitative estimate of drug-likeness (QED) is 0.792. The lowest BCUT2D eigenvalue weighted by Crippen LogP contribution is -2.12. The number of benzene rings is 2. The van der Waals surface area contributed by atoms with Crippen molar-refractivity contribution in [2.45, 2.75) is 13.1 Å². The van der Waals surface area contributed by atoms with E-state index in [1.165, 1.54) is 12.1 Å². The summed E-state index contributed by atoms with van der Waals surface area (Å²) in [6.07, 6.45) is 0. The Balaban J connectivity index is 1.85. The van der Waals surface area contributed by atoms with Crippen LogP contribution in [-0.4, -0.2) is 0 Å². The van der Waals surface area contributed by atoms with Gasteiger partial charge in [0.05, 0.1) is 0 Å². The fraction of sp³-hybridized carbons (Fsp3) is 0.143. The van der Waals surface area contributed by atoms with Gasteiger partial charge in [0.25, 0.3) is 0 Å². The van der Waals surface area contributed by atoms with Crippen molar-refractivity contribution >= 4 is 5.69 Å². The molecule has 3 N–H and O–H groups in total. The fourth-order valence-corrected chi connectivity index (χ4v) is 1.66. The predicted octanol–water partition coefficient (Wildman–Crippen LogP) is 2.70. The maximum atomic E-state index is 12.7. The average Bonchev–Trinajstić information content (AvgIpc) is 2.32. The van der Waals surface area contributed by atoms with Gasteiger partial charge in [-0.3, -0.25) is 0 Å². The highest BCUT2D eigenvalue weighted by Crippen LogP contribution is 2.07. The minimum atomic E-state index is -0.204. The maximum Gasteiger partial charge on any atom is 0.123 e. The first kappa shape index (κ1) is 11.6. The van der Waals surface area contributed by atoms with Gasteiger partial charge in [0, 0.05) is 18.8 Å². The Labute approximate surface area is 100 Å². The van der Waals surface area contributed by atoms with Gasteiger partial charge in [-0.25, -0.2) is 4.39 Å². The van der Waals surface area contributed by atoms with E-state index in [-0.39, 0.29) is 5.82 Å². The molecule has 88 valence electrons. The van der Waals surface area contributed by atoms with Crippen LogP contribution in [0.3, 0.4) is 0 Å². The molecule has 0 heterocycles. The van der Waals surface area contributed by atoms with Crippen molar-refractivity contribution in [3.05, 3.63) is 65.5 Å². The van der Waals surface area contributed by atoms with Crippen LogP contribution < -0.4 is 11.1 Å². The molecule has 0 atom stereocenters. The lowest BCUT2D eigenvalue weighted by atomic mass is 10.2. The summed E-state index contributed by atoms with van der Waals surface area (Å²) < 4.78 is 12.7. The molecule has 0 saturated heterocycles. The topological polar surface area (TPSA) is 38.0 Å². The highest BCUT2D eigenvalue weighted by atomic mass is 19.1. The number of hydrogen-bond donors (Lipinski definition) is 2. The molecule has 2 aromatic rings. The molecule has 0 fully saturated rings. The van der Waals surface area contributed by atoms with Gasteiger partial charge in [0.2, 0.25) is 0 Å². The van der Waals surface area contributed by atoms with Crippen molar-refractivity contribution < 1.29 is 4.39 Å². The van der Waals surface area contributed by atoms with Crippen LogP contribution in [0.4, 0.5) is 10.1 Å². The second kappa shape index (κ2) is 5.46. The Morgan fingerprint density at radius 3 is 2.35 bits per heavy atom. The van der Waals surface area contributed by atoms with Gasteiger partial charge < -0.3 is 11.1 Å². The number of nitrogens with two attached hydrogens (primary N) is 1. The van der Waals surface area contributed by atoms with Crippen LogP contribution >= 0.6 is 0 Å². The third kappa shape index (κ3) is 3.57. The minimum Gasteiger partial charge on any atom is -0.399 e. The number of anilines is 1. The van der Waals surface area contributed by atoms with E-state index in [1.54, 1.807) is 12.1 Å². The van der Waals surface area contributed by atoms with E-state index < -0.39 is 0 Å². The molecule has 0 bridgehead atoms. The molecular weight excluding hydrogens is 215 g/mol. The number of hydrogen-bond acceptors (Lipinski definition) is 2. The van der Waals surface area contributed by atoms with E-state index in [4.69, 9.17) is 5.73 Å². The molecule has 0 saturated carbocycles. The molecule has 2 nitrogen and oxygen atoms in total. The molecule has 2 rings (SSSR count). The third-order valence-corrected chi connectivity index (χ3v) is 2.52. The van der Waals surface area contributed by atoms with Crippen molar-refractivity contribution in [1.82, 2.24) is 5.32 Å². The van der Waals surface area contributed by atoms with Gasteiger partial charge in [0.1, 0.15) is 5.82 Å². The highest BCUT2D eigenvalue weighted by molar-refractivity contribution is 5.40. The van der Waals surface area contributed by atoms with Crippen molar-refractivity contribution in [3.8, 4) is 0 Å². The van der Waals surface area contributed by atoms with Crippen molar-refractivity contribution in [1.29, 1.82) is 0 Å². The first-order valence-electron chi connectivity index (χ1n) is 5.53. The summed E-state index contributed by atoms with van der Waals surface area (Å²) in [6, 6.07) is 14.3. The molecule has 0 aliphatic rings. The van der Waals surface area contributed by atoms with Gasteiger partial charge >= 0.3 is 0 Å². The van der Waals surface area contributed by atoms with Crippen molar-refractivity contribution in [2.75, 3.05) is 5.73 Å². The molecule has 0 radical (unpaired) electrons. The van der Waals surface area contributed by atoms with Gasteiger partial charge in [-0.1, -0.05) is 24.3 Å². The second-order valence-corrected chi connectivity index (χ2v) is 3.98. The molecule has 0 spiro atoms. The first-order valence-corrected chi connectivity index (χ1v) is 5.53. The van der Waals surface area contributed by atoms with Crippen LogP contribution in [0, 0.1) is 5.82 Å². The van der Waals surface area contributed by atoms with E-state index in [0.717, 1.165) is 29.9 Å². The summed E-state index contributed by atoms with van der Waals surface area (Å²) in [7, 11) is 0.